The monoisotopic (exact) mass is 237 g/mol. The van der Waals surface area contributed by atoms with Crippen molar-refractivity contribution in [2.24, 2.45) is 0 Å². The highest BCUT2D eigenvalue weighted by Crippen LogP contribution is 2.10. The first-order valence-corrected chi connectivity index (χ1v) is 5.54. The molecule has 0 aliphatic rings. The van der Waals surface area contributed by atoms with Gasteiger partial charge in [0.25, 0.3) is 0 Å². The van der Waals surface area contributed by atoms with Crippen LogP contribution >= 0.6 is 0 Å². The van der Waals surface area contributed by atoms with Gasteiger partial charge in [0.15, 0.2) is 0 Å². The first-order chi connectivity index (χ1) is 7.90. The van der Waals surface area contributed by atoms with Gasteiger partial charge in [-0.25, -0.2) is 0 Å². The Morgan fingerprint density at radius 3 is 2.35 bits per heavy atom. The Hall–Kier alpha value is -1.39. The van der Waals surface area contributed by atoms with Crippen molar-refractivity contribution < 1.29 is 14.6 Å². The van der Waals surface area contributed by atoms with E-state index in [-0.39, 0.29) is 24.7 Å². The van der Waals surface area contributed by atoms with Gasteiger partial charge >= 0.3 is 0 Å². The lowest BCUT2D eigenvalue weighted by Gasteiger charge is -2.19. The lowest BCUT2D eigenvalue weighted by atomic mass is 10.2. The molecule has 1 aromatic rings. The van der Waals surface area contributed by atoms with Crippen LogP contribution in [0.3, 0.4) is 0 Å². The Bertz CT molecular complexity index is 365. The molecule has 0 heterocycles. The summed E-state index contributed by atoms with van der Waals surface area (Å²) in [5.74, 6) is -0.184. The second-order valence-electron chi connectivity index (χ2n) is 4.80. The first-order valence-electron chi connectivity index (χ1n) is 5.54. The van der Waals surface area contributed by atoms with Gasteiger partial charge in [-0.15, -0.1) is 0 Å². The molecule has 1 amide bonds. The summed E-state index contributed by atoms with van der Waals surface area (Å²) >= 11 is 0. The zero-order chi connectivity index (χ0) is 12.9. The second-order valence-corrected chi connectivity index (χ2v) is 4.80. The predicted octanol–water partition coefficient (Wildman–Crippen LogP) is 1.93. The fourth-order valence-electron chi connectivity index (χ4n) is 1.17. The molecule has 1 aromatic carbocycles. The normalized spacial score (nSPS) is 11.3. The summed E-state index contributed by atoms with van der Waals surface area (Å²) in [5, 5.41) is 11.6. The van der Waals surface area contributed by atoms with Crippen LogP contribution in [0.4, 0.5) is 5.69 Å². The maximum absolute atomic E-state index is 11.5. The van der Waals surface area contributed by atoms with Crippen molar-refractivity contribution in [1.29, 1.82) is 0 Å². The third kappa shape index (κ3) is 5.47. The Kier molecular flexibility index (Phi) is 4.66. The number of nitrogens with one attached hydrogen (secondary N) is 1. The van der Waals surface area contributed by atoms with Crippen LogP contribution in [-0.4, -0.2) is 23.2 Å². The molecular formula is C13H19NO3. The molecule has 0 spiro atoms. The van der Waals surface area contributed by atoms with Gasteiger partial charge in [-0.1, -0.05) is 12.1 Å². The molecule has 0 radical (unpaired) electrons. The number of carbonyl (C=O) groups excluding carboxylic acids is 1. The second kappa shape index (κ2) is 5.80. The van der Waals surface area contributed by atoms with Crippen molar-refractivity contribution in [2.45, 2.75) is 33.0 Å². The van der Waals surface area contributed by atoms with E-state index in [0.717, 1.165) is 5.56 Å². The van der Waals surface area contributed by atoms with Crippen molar-refractivity contribution in [1.82, 2.24) is 0 Å². The fourth-order valence-corrected chi connectivity index (χ4v) is 1.17. The number of ether oxygens (including phenoxy) is 1. The number of hydrogen-bond acceptors (Lipinski definition) is 3. The molecule has 0 aromatic heterocycles. The predicted molar refractivity (Wildman–Crippen MR) is 66.7 cm³/mol. The molecule has 4 nitrogen and oxygen atoms in total. The van der Waals surface area contributed by atoms with Crippen LogP contribution in [0.1, 0.15) is 26.3 Å². The SMILES string of the molecule is CC(C)(C)OCC(=O)Nc1ccc(CO)cc1. The van der Waals surface area contributed by atoms with Crippen LogP contribution in [-0.2, 0) is 16.1 Å². The summed E-state index contributed by atoms with van der Waals surface area (Å²) in [5.41, 5.74) is 1.19. The summed E-state index contributed by atoms with van der Waals surface area (Å²) < 4.78 is 5.36. The van der Waals surface area contributed by atoms with E-state index in [1.807, 2.05) is 20.8 Å². The Labute approximate surface area is 102 Å². The molecule has 94 valence electrons. The molecule has 0 saturated carbocycles. The van der Waals surface area contributed by atoms with E-state index >= 15 is 0 Å². The topological polar surface area (TPSA) is 58.6 Å². The maximum atomic E-state index is 11.5. The summed E-state index contributed by atoms with van der Waals surface area (Å²) in [6.45, 7) is 5.73. The van der Waals surface area contributed by atoms with Crippen LogP contribution in [0.15, 0.2) is 24.3 Å². The molecule has 4 heteroatoms. The Morgan fingerprint density at radius 2 is 1.88 bits per heavy atom. The van der Waals surface area contributed by atoms with Crippen molar-refractivity contribution >= 4 is 11.6 Å². The van der Waals surface area contributed by atoms with Crippen molar-refractivity contribution in [3.8, 4) is 0 Å². The average Bonchev–Trinajstić information content (AvgIpc) is 2.27. The standard InChI is InChI=1S/C13H19NO3/c1-13(2,3)17-9-12(16)14-11-6-4-10(8-15)5-7-11/h4-7,15H,8-9H2,1-3H3,(H,14,16). The van der Waals surface area contributed by atoms with Crippen molar-refractivity contribution in [3.05, 3.63) is 29.8 Å². The molecule has 1 rings (SSSR count). The molecule has 0 unspecified atom stereocenters. The van der Waals surface area contributed by atoms with Crippen LogP contribution in [0.5, 0.6) is 0 Å². The highest BCUT2D eigenvalue weighted by Gasteiger charge is 2.12. The third-order valence-corrected chi connectivity index (χ3v) is 2.06. The van der Waals surface area contributed by atoms with Crippen LogP contribution < -0.4 is 5.32 Å². The number of rotatable bonds is 4. The molecule has 0 fully saturated rings. The van der Waals surface area contributed by atoms with E-state index < -0.39 is 0 Å². The molecule has 0 atom stereocenters. The minimum Gasteiger partial charge on any atom is -0.392 e. The zero-order valence-corrected chi connectivity index (χ0v) is 10.5. The van der Waals surface area contributed by atoms with Crippen LogP contribution in [0.25, 0.3) is 0 Å². The van der Waals surface area contributed by atoms with E-state index in [1.54, 1.807) is 24.3 Å². The van der Waals surface area contributed by atoms with E-state index in [1.165, 1.54) is 0 Å². The van der Waals surface area contributed by atoms with Gasteiger partial charge in [-0.05, 0) is 38.5 Å². The minimum absolute atomic E-state index is 0.00135. The van der Waals surface area contributed by atoms with E-state index in [2.05, 4.69) is 5.32 Å². The van der Waals surface area contributed by atoms with Crippen LogP contribution in [0.2, 0.25) is 0 Å². The molecular weight excluding hydrogens is 218 g/mol. The van der Waals surface area contributed by atoms with Crippen LogP contribution in [0, 0.1) is 0 Å². The number of amides is 1. The smallest absolute Gasteiger partial charge is 0.250 e. The van der Waals surface area contributed by atoms with Gasteiger partial charge < -0.3 is 15.2 Å². The lowest BCUT2D eigenvalue weighted by molar-refractivity contribution is -0.125. The van der Waals surface area contributed by atoms with Gasteiger partial charge in [0.2, 0.25) is 5.91 Å². The minimum atomic E-state index is -0.321. The van der Waals surface area contributed by atoms with Gasteiger partial charge in [0, 0.05) is 5.69 Å². The molecule has 0 saturated heterocycles. The molecule has 17 heavy (non-hydrogen) atoms. The number of carbonyl (C=O) groups is 1. The van der Waals surface area contributed by atoms with Gasteiger partial charge in [0.1, 0.15) is 6.61 Å². The molecule has 0 aliphatic carbocycles. The maximum Gasteiger partial charge on any atom is 0.250 e. The number of benzene rings is 1. The van der Waals surface area contributed by atoms with Gasteiger partial charge in [-0.3, -0.25) is 4.79 Å². The van der Waals surface area contributed by atoms with Crippen molar-refractivity contribution in [3.63, 3.8) is 0 Å². The highest BCUT2D eigenvalue weighted by atomic mass is 16.5. The third-order valence-electron chi connectivity index (χ3n) is 2.06. The van der Waals surface area contributed by atoms with Gasteiger partial charge in [-0.2, -0.15) is 0 Å². The molecule has 2 N–H and O–H groups in total. The average molecular weight is 237 g/mol. The summed E-state index contributed by atoms with van der Waals surface area (Å²) in [4.78, 5) is 11.5. The summed E-state index contributed by atoms with van der Waals surface area (Å²) in [6.07, 6.45) is 0. The summed E-state index contributed by atoms with van der Waals surface area (Å²) in [7, 11) is 0. The number of aliphatic hydroxyl groups is 1. The van der Waals surface area contributed by atoms with Crippen molar-refractivity contribution in [2.75, 3.05) is 11.9 Å². The Morgan fingerprint density at radius 1 is 1.29 bits per heavy atom. The number of anilines is 1. The first kappa shape index (κ1) is 13.7. The van der Waals surface area contributed by atoms with E-state index in [4.69, 9.17) is 9.84 Å². The molecule has 0 aliphatic heterocycles. The summed E-state index contributed by atoms with van der Waals surface area (Å²) in [6, 6.07) is 7.03. The largest absolute Gasteiger partial charge is 0.392 e. The number of aliphatic hydroxyl groups excluding tert-OH is 1. The Balaban J connectivity index is 2.45. The van der Waals surface area contributed by atoms with Gasteiger partial charge in [0.05, 0.1) is 12.2 Å². The lowest BCUT2D eigenvalue weighted by Crippen LogP contribution is -2.27. The zero-order valence-electron chi connectivity index (χ0n) is 10.5. The number of hydrogen-bond donors (Lipinski definition) is 2. The molecule has 0 bridgehead atoms. The van der Waals surface area contributed by atoms with E-state index in [9.17, 15) is 4.79 Å². The quantitative estimate of drug-likeness (QED) is 0.841. The highest BCUT2D eigenvalue weighted by molar-refractivity contribution is 5.91. The van der Waals surface area contributed by atoms with E-state index in [0.29, 0.717) is 5.69 Å². The fraction of sp³-hybridized carbons (Fsp3) is 0.462.